The molecule has 50 heavy (non-hydrogen) atoms. The van der Waals surface area contributed by atoms with Crippen molar-refractivity contribution in [3.05, 3.63) is 71.8 Å². The highest BCUT2D eigenvalue weighted by Crippen LogP contribution is 2.23. The van der Waals surface area contributed by atoms with Crippen LogP contribution in [0.2, 0.25) is 0 Å². The summed E-state index contributed by atoms with van der Waals surface area (Å²) in [7, 11) is 0. The number of carbonyl (C=O) groups excluding carboxylic acids is 5. The molecule has 12 heteroatoms. The van der Waals surface area contributed by atoms with Gasteiger partial charge in [-0.2, -0.15) is 0 Å². The van der Waals surface area contributed by atoms with E-state index in [1.165, 1.54) is 4.90 Å². The Balaban J connectivity index is 1.78. The maximum Gasteiger partial charge on any atom is 0.328 e. The van der Waals surface area contributed by atoms with E-state index in [9.17, 15) is 24.0 Å². The lowest BCUT2D eigenvalue weighted by atomic mass is 9.88. The fourth-order valence-electron chi connectivity index (χ4n) is 6.29. The summed E-state index contributed by atoms with van der Waals surface area (Å²) in [5.74, 6) is -2.78. The summed E-state index contributed by atoms with van der Waals surface area (Å²) in [4.78, 5) is 69.0. The number of hydrogen-bond donors (Lipinski definition) is 5. The molecule has 0 radical (unpaired) electrons. The molecule has 0 bridgehead atoms. The van der Waals surface area contributed by atoms with Crippen LogP contribution in [-0.2, 0) is 41.6 Å². The number of nitrogens with two attached hydrogens (primary N) is 3. The molecule has 3 amide bonds. The van der Waals surface area contributed by atoms with Gasteiger partial charge in [-0.1, -0.05) is 74.5 Å². The Morgan fingerprint density at radius 1 is 0.880 bits per heavy atom. The molecule has 2 aromatic rings. The van der Waals surface area contributed by atoms with E-state index in [1.807, 2.05) is 74.5 Å². The van der Waals surface area contributed by atoms with Crippen molar-refractivity contribution in [3.63, 3.8) is 0 Å². The third-order valence-electron chi connectivity index (χ3n) is 9.05. The Morgan fingerprint density at radius 3 is 2.06 bits per heavy atom. The molecule has 1 heterocycles. The van der Waals surface area contributed by atoms with Crippen molar-refractivity contribution in [1.29, 1.82) is 0 Å². The topological polar surface area (TPSA) is 200 Å². The molecule has 1 fully saturated rings. The fraction of sp³-hybridized carbons (Fsp3) is 0.553. The zero-order valence-electron chi connectivity index (χ0n) is 29.8. The first-order valence-electron chi connectivity index (χ1n) is 17.8. The van der Waals surface area contributed by atoms with Crippen molar-refractivity contribution in [3.8, 4) is 0 Å². The molecular formula is C38H56N6O6. The molecule has 1 aliphatic heterocycles. The number of ketones is 1. The second-order valence-corrected chi connectivity index (χ2v) is 13.8. The highest BCUT2D eigenvalue weighted by Gasteiger charge is 2.45. The Kier molecular flexibility index (Phi) is 16.0. The number of rotatable bonds is 20. The Labute approximate surface area is 296 Å². The number of carbonyl (C=O) groups is 5. The van der Waals surface area contributed by atoms with Gasteiger partial charge < -0.3 is 37.5 Å². The molecule has 1 saturated heterocycles. The van der Waals surface area contributed by atoms with Crippen molar-refractivity contribution in [2.75, 3.05) is 26.2 Å². The van der Waals surface area contributed by atoms with Crippen molar-refractivity contribution < 1.29 is 28.7 Å². The second kappa shape index (κ2) is 19.9. The fourth-order valence-corrected chi connectivity index (χ4v) is 6.29. The summed E-state index contributed by atoms with van der Waals surface area (Å²) in [6.45, 7) is 6.45. The van der Waals surface area contributed by atoms with Crippen LogP contribution in [-0.4, -0.2) is 84.3 Å². The van der Waals surface area contributed by atoms with Crippen LogP contribution in [0.5, 0.6) is 0 Å². The summed E-state index contributed by atoms with van der Waals surface area (Å²) >= 11 is 0. The zero-order chi connectivity index (χ0) is 36.7. The molecule has 1 unspecified atom stereocenters. The molecule has 0 saturated carbocycles. The lowest BCUT2D eigenvalue weighted by Crippen LogP contribution is -2.54. The van der Waals surface area contributed by atoms with Crippen molar-refractivity contribution in [2.24, 2.45) is 29.0 Å². The first kappa shape index (κ1) is 40.3. The average Bonchev–Trinajstić information content (AvgIpc) is 3.50. The molecule has 2 aromatic carbocycles. The predicted molar refractivity (Wildman–Crippen MR) is 192 cm³/mol. The van der Waals surface area contributed by atoms with Gasteiger partial charge in [-0.25, -0.2) is 4.79 Å². The molecule has 0 spiro atoms. The normalized spacial score (nSPS) is 18.2. The number of benzene rings is 2. The number of nitrogens with zero attached hydrogens (tertiary/aromatic N) is 1. The molecule has 12 nitrogen and oxygen atoms in total. The number of ether oxygens (including phenoxy) is 1. The summed E-state index contributed by atoms with van der Waals surface area (Å²) in [6, 6.07) is 16.1. The monoisotopic (exact) mass is 692 g/mol. The predicted octanol–water partition coefficient (Wildman–Crippen LogP) is 2.01. The standard InChI is InChI=1S/C38H56N6O6/c1-4-50-37(49)38(41)18-20-44(25-38)36(48)31(17-11-12-19-39)42-34(46)29(21-26(2)3)24-33(45)32(23-28-15-9-6-10-16-28)43-35(47)30(40)22-27-13-7-5-8-14-27/h5-10,13-16,26,29-32H,4,11-12,17-25,39-41H2,1-3H3,(H,42,46)(H,43,47)/t29-,30+,31+,32+,38?/m0/s1. The molecule has 5 atom stereocenters. The van der Waals surface area contributed by atoms with Crippen LogP contribution < -0.4 is 27.8 Å². The lowest BCUT2D eigenvalue weighted by Gasteiger charge is -2.28. The SMILES string of the molecule is CCOC(=O)C1(N)CCN(C(=O)[C@@H](CCCCN)NC(=O)[C@H](CC(=O)[C@@H](Cc2ccccc2)NC(=O)[C@H](N)Cc2ccccc2)CC(C)C)C1. The Morgan fingerprint density at radius 2 is 1.48 bits per heavy atom. The smallest absolute Gasteiger partial charge is 0.328 e. The molecule has 0 aromatic heterocycles. The molecule has 8 N–H and O–H groups in total. The molecule has 3 rings (SSSR count). The first-order valence-corrected chi connectivity index (χ1v) is 17.8. The van der Waals surface area contributed by atoms with Gasteiger partial charge in [0.15, 0.2) is 5.78 Å². The highest BCUT2D eigenvalue weighted by atomic mass is 16.5. The largest absolute Gasteiger partial charge is 0.465 e. The van der Waals surface area contributed by atoms with Gasteiger partial charge in [-0.15, -0.1) is 0 Å². The van der Waals surface area contributed by atoms with E-state index >= 15 is 0 Å². The van der Waals surface area contributed by atoms with Gasteiger partial charge in [-0.3, -0.25) is 19.2 Å². The van der Waals surface area contributed by atoms with E-state index in [4.69, 9.17) is 21.9 Å². The third-order valence-corrected chi connectivity index (χ3v) is 9.05. The maximum atomic E-state index is 14.0. The average molecular weight is 693 g/mol. The minimum absolute atomic E-state index is 0.0187. The Bertz CT molecular complexity index is 1410. The van der Waals surface area contributed by atoms with E-state index in [0.717, 1.165) is 11.1 Å². The van der Waals surface area contributed by atoms with Gasteiger partial charge in [0.25, 0.3) is 0 Å². The first-order chi connectivity index (χ1) is 23.9. The van der Waals surface area contributed by atoms with E-state index in [-0.39, 0.29) is 56.6 Å². The van der Waals surface area contributed by atoms with Gasteiger partial charge in [0.1, 0.15) is 11.6 Å². The summed E-state index contributed by atoms with van der Waals surface area (Å²) in [6.07, 6.45) is 2.62. The van der Waals surface area contributed by atoms with Crippen LogP contribution in [0.15, 0.2) is 60.7 Å². The van der Waals surface area contributed by atoms with Crippen LogP contribution in [0, 0.1) is 11.8 Å². The van der Waals surface area contributed by atoms with Gasteiger partial charge in [0.2, 0.25) is 17.7 Å². The Hall–Kier alpha value is -4.13. The van der Waals surface area contributed by atoms with E-state index in [0.29, 0.717) is 38.6 Å². The van der Waals surface area contributed by atoms with Crippen molar-refractivity contribution >= 4 is 29.5 Å². The quantitative estimate of drug-likeness (QED) is 0.102. The number of esters is 1. The number of Topliss-reactive ketones (excluding diaryl/α,β-unsaturated/α-hetero) is 1. The van der Waals surface area contributed by atoms with E-state index < -0.39 is 47.4 Å². The van der Waals surface area contributed by atoms with Crippen molar-refractivity contribution in [1.82, 2.24) is 15.5 Å². The summed E-state index contributed by atoms with van der Waals surface area (Å²) in [5.41, 5.74) is 18.8. The van der Waals surface area contributed by atoms with Gasteiger partial charge in [0, 0.05) is 25.4 Å². The second-order valence-electron chi connectivity index (χ2n) is 13.8. The van der Waals surface area contributed by atoms with Gasteiger partial charge in [-0.05, 0) is 75.5 Å². The number of likely N-dealkylation sites (tertiary alicyclic amines) is 1. The summed E-state index contributed by atoms with van der Waals surface area (Å²) in [5, 5.41) is 5.80. The van der Waals surface area contributed by atoms with Crippen molar-refractivity contribution in [2.45, 2.75) is 95.8 Å². The summed E-state index contributed by atoms with van der Waals surface area (Å²) < 4.78 is 5.14. The number of nitrogens with one attached hydrogen (secondary N) is 2. The maximum absolute atomic E-state index is 14.0. The van der Waals surface area contributed by atoms with Crippen LogP contribution in [0.25, 0.3) is 0 Å². The molecule has 0 aliphatic carbocycles. The number of amides is 3. The number of unbranched alkanes of at least 4 members (excludes halogenated alkanes) is 1. The zero-order valence-corrected chi connectivity index (χ0v) is 29.8. The molecule has 1 aliphatic rings. The molecule has 274 valence electrons. The highest BCUT2D eigenvalue weighted by molar-refractivity contribution is 5.95. The van der Waals surface area contributed by atoms with Crippen LogP contribution in [0.4, 0.5) is 0 Å². The van der Waals surface area contributed by atoms with Gasteiger partial charge in [0.05, 0.1) is 18.7 Å². The van der Waals surface area contributed by atoms with E-state index in [2.05, 4.69) is 10.6 Å². The van der Waals surface area contributed by atoms with Gasteiger partial charge >= 0.3 is 5.97 Å². The number of hydrogen-bond acceptors (Lipinski definition) is 9. The third kappa shape index (κ3) is 12.3. The van der Waals surface area contributed by atoms with Crippen LogP contribution >= 0.6 is 0 Å². The van der Waals surface area contributed by atoms with Crippen LogP contribution in [0.1, 0.15) is 70.4 Å². The lowest BCUT2D eigenvalue weighted by molar-refractivity contribution is -0.149. The van der Waals surface area contributed by atoms with E-state index in [1.54, 1.807) is 6.92 Å². The minimum Gasteiger partial charge on any atom is -0.465 e. The van der Waals surface area contributed by atoms with Crippen LogP contribution in [0.3, 0.4) is 0 Å². The minimum atomic E-state index is -1.31. The molecular weight excluding hydrogens is 636 g/mol.